The summed E-state index contributed by atoms with van der Waals surface area (Å²) in [5, 5.41) is 8.17. The minimum absolute atomic E-state index is 0.503. The van der Waals surface area contributed by atoms with Crippen molar-refractivity contribution in [3.05, 3.63) is 12.1 Å². The van der Waals surface area contributed by atoms with Gasteiger partial charge >= 0.3 is 0 Å². The van der Waals surface area contributed by atoms with Gasteiger partial charge in [0.1, 0.15) is 5.82 Å². The first-order valence-corrected chi connectivity index (χ1v) is 6.20. The van der Waals surface area contributed by atoms with Crippen LogP contribution in [0.4, 0.5) is 11.6 Å². The van der Waals surface area contributed by atoms with Crippen LogP contribution in [-0.2, 0) is 0 Å². The van der Waals surface area contributed by atoms with E-state index in [-0.39, 0.29) is 0 Å². The third-order valence-corrected chi connectivity index (χ3v) is 3.96. The van der Waals surface area contributed by atoms with Gasteiger partial charge in [-0.15, -0.1) is 10.2 Å². The zero-order valence-corrected chi connectivity index (χ0v) is 9.47. The molecule has 1 saturated heterocycles. The van der Waals surface area contributed by atoms with E-state index in [0.717, 1.165) is 18.3 Å². The highest BCUT2D eigenvalue weighted by Crippen LogP contribution is 2.38. The molecular weight excluding hydrogens is 200 g/mol. The van der Waals surface area contributed by atoms with Crippen LogP contribution in [0.25, 0.3) is 0 Å². The van der Waals surface area contributed by atoms with Crippen molar-refractivity contribution in [2.75, 3.05) is 17.2 Å². The number of piperidine rings is 1. The second kappa shape index (κ2) is 3.92. The summed E-state index contributed by atoms with van der Waals surface area (Å²) in [4.78, 5) is 2.44. The Labute approximate surface area is 95.8 Å². The molecule has 4 heteroatoms. The standard InChI is InChI=1S/C12H18N4/c13-11-6-7-12(15-14-11)16-8-2-4-9-3-1-5-10(9)16/h6-7,9-10H,1-5,8H2,(H2,13,14). The number of hydrogen-bond donors (Lipinski definition) is 1. The lowest BCUT2D eigenvalue weighted by molar-refractivity contribution is 0.360. The summed E-state index contributed by atoms with van der Waals surface area (Å²) in [7, 11) is 0. The number of nitrogens with zero attached hydrogens (tertiary/aromatic N) is 3. The molecule has 1 saturated carbocycles. The molecule has 4 nitrogen and oxygen atoms in total. The highest BCUT2D eigenvalue weighted by atomic mass is 15.3. The van der Waals surface area contributed by atoms with Crippen LogP contribution in [0.1, 0.15) is 32.1 Å². The quantitative estimate of drug-likeness (QED) is 0.781. The second-order valence-electron chi connectivity index (χ2n) is 4.91. The number of nitrogens with two attached hydrogens (primary N) is 1. The lowest BCUT2D eigenvalue weighted by Crippen LogP contribution is -2.43. The van der Waals surface area contributed by atoms with Gasteiger partial charge in [0.25, 0.3) is 0 Å². The Balaban J connectivity index is 1.85. The van der Waals surface area contributed by atoms with Crippen molar-refractivity contribution in [1.82, 2.24) is 10.2 Å². The number of fused-ring (bicyclic) bond motifs is 1. The Morgan fingerprint density at radius 2 is 2.00 bits per heavy atom. The average Bonchev–Trinajstić information content (AvgIpc) is 2.78. The molecule has 16 heavy (non-hydrogen) atoms. The molecular formula is C12H18N4. The Morgan fingerprint density at radius 3 is 2.81 bits per heavy atom. The molecule has 1 aromatic rings. The minimum atomic E-state index is 0.503. The molecule has 2 unspecified atom stereocenters. The first-order chi connectivity index (χ1) is 7.84. The number of rotatable bonds is 1. The second-order valence-corrected chi connectivity index (χ2v) is 4.91. The molecule has 0 bridgehead atoms. The van der Waals surface area contributed by atoms with Gasteiger partial charge in [-0.1, -0.05) is 6.42 Å². The summed E-state index contributed by atoms with van der Waals surface area (Å²) in [5.74, 6) is 2.39. The Hall–Kier alpha value is -1.32. The monoisotopic (exact) mass is 218 g/mol. The first kappa shape index (κ1) is 9.87. The van der Waals surface area contributed by atoms with Gasteiger partial charge in [0.05, 0.1) is 0 Å². The van der Waals surface area contributed by atoms with Crippen LogP contribution in [0.15, 0.2) is 12.1 Å². The van der Waals surface area contributed by atoms with Crippen LogP contribution in [0.3, 0.4) is 0 Å². The van der Waals surface area contributed by atoms with Crippen LogP contribution in [0.5, 0.6) is 0 Å². The van der Waals surface area contributed by atoms with Crippen molar-refractivity contribution >= 4 is 11.6 Å². The molecule has 86 valence electrons. The molecule has 2 aliphatic rings. The summed E-state index contributed by atoms with van der Waals surface area (Å²) < 4.78 is 0. The average molecular weight is 218 g/mol. The molecule has 2 fully saturated rings. The number of hydrogen-bond acceptors (Lipinski definition) is 4. The first-order valence-electron chi connectivity index (χ1n) is 6.20. The summed E-state index contributed by atoms with van der Waals surface area (Å²) in [6, 6.07) is 4.55. The molecule has 0 spiro atoms. The topological polar surface area (TPSA) is 55.0 Å². The van der Waals surface area contributed by atoms with Crippen molar-refractivity contribution < 1.29 is 0 Å². The highest BCUT2D eigenvalue weighted by molar-refractivity contribution is 5.43. The maximum absolute atomic E-state index is 5.57. The molecule has 3 rings (SSSR count). The van der Waals surface area contributed by atoms with E-state index >= 15 is 0 Å². The molecule has 2 heterocycles. The Bertz CT molecular complexity index is 362. The van der Waals surface area contributed by atoms with E-state index in [4.69, 9.17) is 5.73 Å². The molecule has 1 aromatic heterocycles. The normalized spacial score (nSPS) is 29.1. The van der Waals surface area contributed by atoms with Gasteiger partial charge in [-0.2, -0.15) is 0 Å². The van der Waals surface area contributed by atoms with Gasteiger partial charge in [0.2, 0.25) is 0 Å². The van der Waals surface area contributed by atoms with Crippen molar-refractivity contribution in [3.8, 4) is 0 Å². The van der Waals surface area contributed by atoms with Gasteiger partial charge in [-0.3, -0.25) is 0 Å². The minimum Gasteiger partial charge on any atom is -0.382 e. The van der Waals surface area contributed by atoms with Crippen LogP contribution < -0.4 is 10.6 Å². The Morgan fingerprint density at radius 1 is 1.12 bits per heavy atom. The fourth-order valence-corrected chi connectivity index (χ4v) is 3.23. The van der Waals surface area contributed by atoms with E-state index in [2.05, 4.69) is 15.1 Å². The molecule has 0 amide bonds. The molecule has 2 atom stereocenters. The maximum Gasteiger partial charge on any atom is 0.151 e. The van der Waals surface area contributed by atoms with Gasteiger partial charge in [0.15, 0.2) is 5.82 Å². The molecule has 0 aromatic carbocycles. The maximum atomic E-state index is 5.57. The van der Waals surface area contributed by atoms with E-state index in [0.29, 0.717) is 11.9 Å². The highest BCUT2D eigenvalue weighted by Gasteiger charge is 2.35. The van der Waals surface area contributed by atoms with E-state index in [1.165, 1.54) is 32.1 Å². The van der Waals surface area contributed by atoms with Crippen molar-refractivity contribution in [2.45, 2.75) is 38.1 Å². The summed E-state index contributed by atoms with van der Waals surface area (Å²) in [5.41, 5.74) is 5.57. The zero-order chi connectivity index (χ0) is 11.0. The lowest BCUT2D eigenvalue weighted by Gasteiger charge is -2.38. The van der Waals surface area contributed by atoms with Crippen molar-refractivity contribution in [3.63, 3.8) is 0 Å². The van der Waals surface area contributed by atoms with Crippen molar-refractivity contribution in [2.24, 2.45) is 5.92 Å². The third kappa shape index (κ3) is 1.62. The molecule has 0 radical (unpaired) electrons. The van der Waals surface area contributed by atoms with Crippen LogP contribution in [-0.4, -0.2) is 22.8 Å². The van der Waals surface area contributed by atoms with E-state index in [1.807, 2.05) is 12.1 Å². The summed E-state index contributed by atoms with van der Waals surface area (Å²) in [6.45, 7) is 1.12. The number of anilines is 2. The van der Waals surface area contributed by atoms with Crippen LogP contribution >= 0.6 is 0 Å². The fourth-order valence-electron chi connectivity index (χ4n) is 3.23. The van der Waals surface area contributed by atoms with Gasteiger partial charge in [-0.05, 0) is 43.7 Å². The summed E-state index contributed by atoms with van der Waals surface area (Å²) >= 11 is 0. The van der Waals surface area contributed by atoms with Gasteiger partial charge < -0.3 is 10.6 Å². The lowest BCUT2D eigenvalue weighted by atomic mass is 9.92. The number of aromatic nitrogens is 2. The van der Waals surface area contributed by atoms with E-state index in [1.54, 1.807) is 0 Å². The van der Waals surface area contributed by atoms with Gasteiger partial charge in [-0.25, -0.2) is 0 Å². The van der Waals surface area contributed by atoms with Crippen molar-refractivity contribution in [1.29, 1.82) is 0 Å². The smallest absolute Gasteiger partial charge is 0.151 e. The predicted octanol–water partition coefficient (Wildman–Crippen LogP) is 1.83. The molecule has 1 aliphatic carbocycles. The number of nitrogen functional groups attached to an aromatic ring is 1. The van der Waals surface area contributed by atoms with E-state index < -0.39 is 0 Å². The molecule has 1 aliphatic heterocycles. The zero-order valence-electron chi connectivity index (χ0n) is 9.47. The third-order valence-electron chi connectivity index (χ3n) is 3.96. The Kier molecular flexibility index (Phi) is 2.42. The largest absolute Gasteiger partial charge is 0.382 e. The van der Waals surface area contributed by atoms with Gasteiger partial charge in [0, 0.05) is 12.6 Å². The summed E-state index contributed by atoms with van der Waals surface area (Å²) in [6.07, 6.45) is 6.76. The van der Waals surface area contributed by atoms with Crippen LogP contribution in [0.2, 0.25) is 0 Å². The van der Waals surface area contributed by atoms with Crippen LogP contribution in [0, 0.1) is 5.92 Å². The SMILES string of the molecule is Nc1ccc(N2CCCC3CCCC32)nn1. The predicted molar refractivity (Wildman–Crippen MR) is 64.2 cm³/mol. The fraction of sp³-hybridized carbons (Fsp3) is 0.667. The van der Waals surface area contributed by atoms with E-state index in [9.17, 15) is 0 Å². The molecule has 2 N–H and O–H groups in total.